The number of hydrogen-bond acceptors (Lipinski definition) is 4. The summed E-state index contributed by atoms with van der Waals surface area (Å²) in [6.45, 7) is 1.70. The highest BCUT2D eigenvalue weighted by atomic mass is 16.5. The van der Waals surface area contributed by atoms with Gasteiger partial charge in [-0.3, -0.25) is 4.68 Å². The molecule has 3 heterocycles. The van der Waals surface area contributed by atoms with Gasteiger partial charge in [-0.2, -0.15) is 5.10 Å². The number of anilines is 1. The lowest BCUT2D eigenvalue weighted by Crippen LogP contribution is -2.21. The molecular formula is C18H27N5O. The first-order valence-electron chi connectivity index (χ1n) is 9.09. The molecule has 1 N–H and O–H groups in total. The van der Waals surface area contributed by atoms with E-state index < -0.39 is 0 Å². The first-order chi connectivity index (χ1) is 11.7. The minimum atomic E-state index is 0.0834. The average molecular weight is 329 g/mol. The molecule has 2 aromatic heterocycles. The number of imidazole rings is 1. The summed E-state index contributed by atoms with van der Waals surface area (Å²) in [5.41, 5.74) is 1.25. The smallest absolute Gasteiger partial charge is 0.138 e. The van der Waals surface area contributed by atoms with Crippen molar-refractivity contribution in [3.05, 3.63) is 30.0 Å². The minimum absolute atomic E-state index is 0.0834. The molecular weight excluding hydrogens is 302 g/mol. The quantitative estimate of drug-likeness (QED) is 0.916. The molecule has 1 aliphatic carbocycles. The number of aromatic nitrogens is 4. The molecule has 0 amide bonds. The summed E-state index contributed by atoms with van der Waals surface area (Å²) in [5, 5.41) is 8.32. The Kier molecular flexibility index (Phi) is 4.31. The molecule has 2 aromatic rings. The topological polar surface area (TPSA) is 56.9 Å². The number of hydrogen-bond donors (Lipinski definition) is 1. The number of nitrogens with zero attached hydrogens (tertiary/aromatic N) is 4. The molecule has 2 atom stereocenters. The lowest BCUT2D eigenvalue weighted by molar-refractivity contribution is 0.0839. The van der Waals surface area contributed by atoms with E-state index in [9.17, 15) is 0 Å². The molecule has 0 unspecified atom stereocenters. The SMILES string of the molecule is Cn1ccnc1[C@@H]1OCC[C@H]1CNc1cc(C2CCCC2)nn1C. The molecule has 1 aliphatic heterocycles. The Labute approximate surface area is 143 Å². The van der Waals surface area contributed by atoms with Crippen LogP contribution in [0.3, 0.4) is 0 Å². The maximum Gasteiger partial charge on any atom is 0.138 e. The largest absolute Gasteiger partial charge is 0.370 e. The predicted molar refractivity (Wildman–Crippen MR) is 92.9 cm³/mol. The zero-order chi connectivity index (χ0) is 16.5. The third kappa shape index (κ3) is 2.95. The first kappa shape index (κ1) is 15.7. The molecule has 6 heteroatoms. The molecule has 1 saturated heterocycles. The molecule has 0 bridgehead atoms. The molecule has 2 aliphatic rings. The highest BCUT2D eigenvalue weighted by molar-refractivity contribution is 5.38. The fraction of sp³-hybridized carbons (Fsp3) is 0.667. The number of ether oxygens (including phenoxy) is 1. The summed E-state index contributed by atoms with van der Waals surface area (Å²) in [4.78, 5) is 4.47. The van der Waals surface area contributed by atoms with Gasteiger partial charge in [0.1, 0.15) is 17.7 Å². The normalized spacial score (nSPS) is 24.8. The Morgan fingerprint density at radius 1 is 1.25 bits per heavy atom. The summed E-state index contributed by atoms with van der Waals surface area (Å²) in [6, 6.07) is 2.24. The maximum absolute atomic E-state index is 5.95. The van der Waals surface area contributed by atoms with E-state index in [0.29, 0.717) is 11.8 Å². The maximum atomic E-state index is 5.95. The summed E-state index contributed by atoms with van der Waals surface area (Å²) < 4.78 is 10.00. The van der Waals surface area contributed by atoms with Crippen molar-refractivity contribution < 1.29 is 4.74 Å². The highest BCUT2D eigenvalue weighted by Gasteiger charge is 2.32. The van der Waals surface area contributed by atoms with Crippen molar-refractivity contribution in [3.63, 3.8) is 0 Å². The van der Waals surface area contributed by atoms with Crippen molar-refractivity contribution in [2.75, 3.05) is 18.5 Å². The van der Waals surface area contributed by atoms with Crippen molar-refractivity contribution >= 4 is 5.82 Å². The van der Waals surface area contributed by atoms with Crippen molar-refractivity contribution in [3.8, 4) is 0 Å². The van der Waals surface area contributed by atoms with E-state index in [1.54, 1.807) is 0 Å². The molecule has 4 rings (SSSR count). The van der Waals surface area contributed by atoms with Gasteiger partial charge < -0.3 is 14.6 Å². The summed E-state index contributed by atoms with van der Waals surface area (Å²) in [6.07, 6.45) is 10.2. The Hall–Kier alpha value is -1.82. The Morgan fingerprint density at radius 2 is 2.08 bits per heavy atom. The molecule has 24 heavy (non-hydrogen) atoms. The van der Waals surface area contributed by atoms with E-state index in [0.717, 1.165) is 31.2 Å². The van der Waals surface area contributed by atoms with Crippen LogP contribution in [0.2, 0.25) is 0 Å². The van der Waals surface area contributed by atoms with Crippen molar-refractivity contribution in [2.24, 2.45) is 20.0 Å². The van der Waals surface area contributed by atoms with Gasteiger partial charge in [-0.05, 0) is 19.3 Å². The highest BCUT2D eigenvalue weighted by Crippen LogP contribution is 2.35. The van der Waals surface area contributed by atoms with Crippen LogP contribution in [0.5, 0.6) is 0 Å². The van der Waals surface area contributed by atoms with E-state index in [4.69, 9.17) is 9.84 Å². The van der Waals surface area contributed by atoms with Crippen LogP contribution >= 0.6 is 0 Å². The summed E-state index contributed by atoms with van der Waals surface area (Å²) >= 11 is 0. The Morgan fingerprint density at radius 3 is 2.83 bits per heavy atom. The zero-order valence-corrected chi connectivity index (χ0v) is 14.6. The second kappa shape index (κ2) is 6.59. The molecule has 6 nitrogen and oxygen atoms in total. The van der Waals surface area contributed by atoms with E-state index in [2.05, 4.69) is 20.9 Å². The zero-order valence-electron chi connectivity index (χ0n) is 14.6. The minimum Gasteiger partial charge on any atom is -0.370 e. The van der Waals surface area contributed by atoms with Crippen LogP contribution in [-0.4, -0.2) is 32.5 Å². The second-order valence-electron chi connectivity index (χ2n) is 7.18. The van der Waals surface area contributed by atoms with Crippen molar-refractivity contribution in [1.82, 2.24) is 19.3 Å². The molecule has 0 spiro atoms. The van der Waals surface area contributed by atoms with Gasteiger partial charge >= 0.3 is 0 Å². The predicted octanol–water partition coefficient (Wildman–Crippen LogP) is 3.00. The van der Waals surface area contributed by atoms with Gasteiger partial charge in [0.2, 0.25) is 0 Å². The van der Waals surface area contributed by atoms with E-state index in [1.807, 2.05) is 31.2 Å². The average Bonchev–Trinajstić information content (AvgIpc) is 3.32. The standard InChI is InChI=1S/C18H27N5O/c1-22-9-8-19-18(22)17-14(7-10-24-17)12-20-16-11-15(21-23(16)2)13-5-3-4-6-13/h8-9,11,13-14,17,20H,3-7,10,12H2,1-2H3/t14-,17+/m0/s1. The fourth-order valence-corrected chi connectivity index (χ4v) is 4.09. The molecule has 2 fully saturated rings. The lowest BCUT2D eigenvalue weighted by atomic mass is 10.0. The molecule has 1 saturated carbocycles. The van der Waals surface area contributed by atoms with Crippen LogP contribution in [0.25, 0.3) is 0 Å². The third-order valence-electron chi connectivity index (χ3n) is 5.54. The van der Waals surface area contributed by atoms with Gasteiger partial charge in [-0.25, -0.2) is 4.98 Å². The van der Waals surface area contributed by atoms with Crippen molar-refractivity contribution in [2.45, 2.75) is 44.1 Å². The second-order valence-corrected chi connectivity index (χ2v) is 7.18. The Balaban J connectivity index is 1.42. The summed E-state index contributed by atoms with van der Waals surface area (Å²) in [5.74, 6) is 3.23. The van der Waals surface area contributed by atoms with E-state index in [1.165, 1.54) is 31.4 Å². The summed E-state index contributed by atoms with van der Waals surface area (Å²) in [7, 11) is 4.06. The van der Waals surface area contributed by atoms with Gasteiger partial charge in [0, 0.05) is 57.5 Å². The van der Waals surface area contributed by atoms with Crippen LogP contribution in [0.15, 0.2) is 18.5 Å². The number of rotatable bonds is 5. The van der Waals surface area contributed by atoms with Crippen LogP contribution in [0.4, 0.5) is 5.82 Å². The van der Waals surface area contributed by atoms with E-state index >= 15 is 0 Å². The number of nitrogens with one attached hydrogen (secondary N) is 1. The van der Waals surface area contributed by atoms with Crippen LogP contribution in [0.1, 0.15) is 55.6 Å². The lowest BCUT2D eigenvalue weighted by Gasteiger charge is -2.19. The van der Waals surface area contributed by atoms with Gasteiger partial charge in [-0.1, -0.05) is 12.8 Å². The molecule has 0 aromatic carbocycles. The molecule has 130 valence electrons. The van der Waals surface area contributed by atoms with Crippen LogP contribution in [0, 0.1) is 5.92 Å². The Bertz CT molecular complexity index is 685. The monoisotopic (exact) mass is 329 g/mol. The van der Waals surface area contributed by atoms with Crippen LogP contribution < -0.4 is 5.32 Å². The van der Waals surface area contributed by atoms with Gasteiger partial charge in [0.05, 0.1) is 5.69 Å². The third-order valence-corrected chi connectivity index (χ3v) is 5.54. The van der Waals surface area contributed by atoms with Crippen molar-refractivity contribution in [1.29, 1.82) is 0 Å². The first-order valence-corrected chi connectivity index (χ1v) is 9.09. The van der Waals surface area contributed by atoms with Crippen LogP contribution in [-0.2, 0) is 18.8 Å². The van der Waals surface area contributed by atoms with Gasteiger partial charge in [0.15, 0.2) is 0 Å². The van der Waals surface area contributed by atoms with Gasteiger partial charge in [-0.15, -0.1) is 0 Å². The fourth-order valence-electron chi connectivity index (χ4n) is 4.09. The van der Waals surface area contributed by atoms with E-state index in [-0.39, 0.29) is 6.10 Å². The molecule has 0 radical (unpaired) electrons. The van der Waals surface area contributed by atoms with Gasteiger partial charge in [0.25, 0.3) is 0 Å². The number of aryl methyl sites for hydroxylation is 2.